The van der Waals surface area contributed by atoms with Crippen molar-refractivity contribution in [2.45, 2.75) is 13.5 Å². The standard InChI is InChI=1S/C11H13N3/c1-2-14-6-5-8-3-4-9(11(12)13)7-10(8)14/h3-7H,2H2,1H3,(H3,12,13). The zero-order chi connectivity index (χ0) is 10.1. The van der Waals surface area contributed by atoms with Crippen LogP contribution in [0.3, 0.4) is 0 Å². The number of nitrogen functional groups attached to an aromatic ring is 1. The van der Waals surface area contributed by atoms with Crippen LogP contribution in [0.5, 0.6) is 0 Å². The fourth-order valence-electron chi connectivity index (χ4n) is 1.63. The maximum absolute atomic E-state index is 7.36. The first kappa shape index (κ1) is 8.81. The molecule has 2 rings (SSSR count). The number of benzene rings is 1. The molecule has 0 fully saturated rings. The first-order valence-electron chi connectivity index (χ1n) is 4.65. The van der Waals surface area contributed by atoms with Gasteiger partial charge in [0.15, 0.2) is 0 Å². The molecule has 14 heavy (non-hydrogen) atoms. The molecule has 0 saturated carbocycles. The molecule has 0 unspecified atom stereocenters. The highest BCUT2D eigenvalue weighted by atomic mass is 14.9. The number of fused-ring (bicyclic) bond motifs is 1. The molecular formula is C11H13N3. The van der Waals surface area contributed by atoms with Gasteiger partial charge in [-0.2, -0.15) is 0 Å². The van der Waals surface area contributed by atoms with E-state index in [2.05, 4.69) is 23.8 Å². The van der Waals surface area contributed by atoms with Crippen LogP contribution in [0.4, 0.5) is 0 Å². The maximum Gasteiger partial charge on any atom is 0.122 e. The summed E-state index contributed by atoms with van der Waals surface area (Å²) in [6.45, 7) is 3.03. The minimum Gasteiger partial charge on any atom is -0.384 e. The number of rotatable bonds is 2. The third-order valence-corrected chi connectivity index (χ3v) is 2.43. The van der Waals surface area contributed by atoms with Crippen molar-refractivity contribution >= 4 is 16.7 Å². The van der Waals surface area contributed by atoms with Gasteiger partial charge in [0.2, 0.25) is 0 Å². The summed E-state index contributed by atoms with van der Waals surface area (Å²) in [4.78, 5) is 0. The lowest BCUT2D eigenvalue weighted by atomic mass is 10.1. The van der Waals surface area contributed by atoms with Crippen molar-refractivity contribution in [2.24, 2.45) is 5.73 Å². The summed E-state index contributed by atoms with van der Waals surface area (Å²) in [7, 11) is 0. The molecule has 0 radical (unpaired) electrons. The van der Waals surface area contributed by atoms with Gasteiger partial charge in [-0.1, -0.05) is 12.1 Å². The van der Waals surface area contributed by atoms with Crippen LogP contribution in [0.2, 0.25) is 0 Å². The van der Waals surface area contributed by atoms with E-state index in [1.165, 1.54) is 5.39 Å². The second kappa shape index (κ2) is 3.18. The Balaban J connectivity index is 2.67. The van der Waals surface area contributed by atoms with Gasteiger partial charge in [0, 0.05) is 23.8 Å². The van der Waals surface area contributed by atoms with Crippen molar-refractivity contribution in [3.63, 3.8) is 0 Å². The molecular weight excluding hydrogens is 174 g/mol. The van der Waals surface area contributed by atoms with Crippen LogP contribution in [0, 0.1) is 5.41 Å². The molecule has 0 bridgehead atoms. The SMILES string of the molecule is CCn1ccc2ccc(C(=N)N)cc21. The average Bonchev–Trinajstić information content (AvgIpc) is 2.59. The number of nitrogens with one attached hydrogen (secondary N) is 1. The van der Waals surface area contributed by atoms with Crippen molar-refractivity contribution in [1.29, 1.82) is 5.41 Å². The topological polar surface area (TPSA) is 54.8 Å². The Bertz CT molecular complexity index is 482. The fourth-order valence-corrected chi connectivity index (χ4v) is 1.63. The van der Waals surface area contributed by atoms with E-state index in [9.17, 15) is 0 Å². The molecule has 0 aliphatic rings. The van der Waals surface area contributed by atoms with Crippen molar-refractivity contribution in [3.8, 4) is 0 Å². The van der Waals surface area contributed by atoms with E-state index in [4.69, 9.17) is 11.1 Å². The number of aromatic nitrogens is 1. The lowest BCUT2D eigenvalue weighted by molar-refractivity contribution is 0.797. The van der Waals surface area contributed by atoms with Gasteiger partial charge >= 0.3 is 0 Å². The van der Waals surface area contributed by atoms with Gasteiger partial charge in [0.25, 0.3) is 0 Å². The Morgan fingerprint density at radius 2 is 2.21 bits per heavy atom. The lowest BCUT2D eigenvalue weighted by Gasteiger charge is -2.02. The van der Waals surface area contributed by atoms with Gasteiger partial charge < -0.3 is 10.3 Å². The lowest BCUT2D eigenvalue weighted by Crippen LogP contribution is -2.10. The number of aryl methyl sites for hydroxylation is 1. The zero-order valence-corrected chi connectivity index (χ0v) is 8.12. The second-order valence-corrected chi connectivity index (χ2v) is 3.29. The van der Waals surface area contributed by atoms with E-state index in [0.29, 0.717) is 0 Å². The van der Waals surface area contributed by atoms with Crippen LogP contribution in [-0.2, 0) is 6.54 Å². The van der Waals surface area contributed by atoms with E-state index in [1.54, 1.807) is 0 Å². The quantitative estimate of drug-likeness (QED) is 0.548. The summed E-state index contributed by atoms with van der Waals surface area (Å²) in [5.74, 6) is 0.121. The van der Waals surface area contributed by atoms with Crippen molar-refractivity contribution in [2.75, 3.05) is 0 Å². The molecule has 0 spiro atoms. The van der Waals surface area contributed by atoms with Gasteiger partial charge in [0.1, 0.15) is 5.84 Å². The first-order chi connectivity index (χ1) is 6.72. The van der Waals surface area contributed by atoms with Crippen LogP contribution < -0.4 is 5.73 Å². The molecule has 1 aromatic carbocycles. The molecule has 2 aromatic rings. The highest BCUT2D eigenvalue weighted by molar-refractivity contribution is 5.98. The molecule has 0 atom stereocenters. The Kier molecular flexibility index (Phi) is 2.00. The number of nitrogens with two attached hydrogens (primary N) is 1. The summed E-state index contributed by atoms with van der Waals surface area (Å²) in [6.07, 6.45) is 2.05. The molecule has 3 N–H and O–H groups in total. The van der Waals surface area contributed by atoms with Gasteiger partial charge in [-0.3, -0.25) is 5.41 Å². The summed E-state index contributed by atoms with van der Waals surface area (Å²) >= 11 is 0. The average molecular weight is 187 g/mol. The summed E-state index contributed by atoms with van der Waals surface area (Å²) < 4.78 is 2.14. The minimum atomic E-state index is 0.121. The van der Waals surface area contributed by atoms with Crippen molar-refractivity contribution < 1.29 is 0 Å². The fraction of sp³-hybridized carbons (Fsp3) is 0.182. The highest BCUT2D eigenvalue weighted by Gasteiger charge is 2.02. The largest absolute Gasteiger partial charge is 0.384 e. The Hall–Kier alpha value is -1.77. The van der Waals surface area contributed by atoms with E-state index in [-0.39, 0.29) is 5.84 Å². The summed E-state index contributed by atoms with van der Waals surface area (Å²) in [5.41, 5.74) is 7.36. The smallest absolute Gasteiger partial charge is 0.122 e. The third kappa shape index (κ3) is 1.27. The van der Waals surface area contributed by atoms with E-state index < -0.39 is 0 Å². The normalized spacial score (nSPS) is 10.6. The number of hydrogen-bond donors (Lipinski definition) is 2. The molecule has 0 aliphatic heterocycles. The van der Waals surface area contributed by atoms with Gasteiger partial charge in [0.05, 0.1) is 0 Å². The van der Waals surface area contributed by atoms with Crippen LogP contribution in [-0.4, -0.2) is 10.4 Å². The second-order valence-electron chi connectivity index (χ2n) is 3.29. The third-order valence-electron chi connectivity index (χ3n) is 2.43. The zero-order valence-electron chi connectivity index (χ0n) is 8.12. The van der Waals surface area contributed by atoms with Gasteiger partial charge in [-0.15, -0.1) is 0 Å². The molecule has 0 saturated heterocycles. The molecule has 72 valence electrons. The number of hydrogen-bond acceptors (Lipinski definition) is 1. The molecule has 3 nitrogen and oxygen atoms in total. The van der Waals surface area contributed by atoms with Crippen LogP contribution in [0.15, 0.2) is 30.5 Å². The number of amidine groups is 1. The Labute approximate surface area is 82.7 Å². The minimum absolute atomic E-state index is 0.121. The van der Waals surface area contributed by atoms with E-state index >= 15 is 0 Å². The Morgan fingerprint density at radius 1 is 1.43 bits per heavy atom. The van der Waals surface area contributed by atoms with Gasteiger partial charge in [-0.25, -0.2) is 0 Å². The Morgan fingerprint density at radius 3 is 2.86 bits per heavy atom. The van der Waals surface area contributed by atoms with Crippen LogP contribution in [0.1, 0.15) is 12.5 Å². The number of nitrogens with zero attached hydrogens (tertiary/aromatic N) is 1. The summed E-state index contributed by atoms with van der Waals surface area (Å²) in [6, 6.07) is 7.91. The van der Waals surface area contributed by atoms with Crippen molar-refractivity contribution in [3.05, 3.63) is 36.0 Å². The molecule has 3 heteroatoms. The van der Waals surface area contributed by atoms with Crippen molar-refractivity contribution in [1.82, 2.24) is 4.57 Å². The molecule has 1 aromatic heterocycles. The monoisotopic (exact) mass is 187 g/mol. The van der Waals surface area contributed by atoms with E-state index in [1.807, 2.05) is 18.2 Å². The predicted octanol–water partition coefficient (Wildman–Crippen LogP) is 1.95. The van der Waals surface area contributed by atoms with Crippen LogP contribution in [0.25, 0.3) is 10.9 Å². The molecule has 0 aliphatic carbocycles. The first-order valence-corrected chi connectivity index (χ1v) is 4.65. The molecule has 0 amide bonds. The summed E-state index contributed by atoms with van der Waals surface area (Å²) in [5, 5.41) is 8.55. The van der Waals surface area contributed by atoms with E-state index in [0.717, 1.165) is 17.6 Å². The van der Waals surface area contributed by atoms with Gasteiger partial charge in [-0.05, 0) is 24.4 Å². The predicted molar refractivity (Wildman–Crippen MR) is 58.6 cm³/mol. The van der Waals surface area contributed by atoms with Crippen LogP contribution >= 0.6 is 0 Å². The maximum atomic E-state index is 7.36. The molecule has 1 heterocycles. The highest BCUT2D eigenvalue weighted by Crippen LogP contribution is 2.17.